The van der Waals surface area contributed by atoms with Crippen LogP contribution in [0.15, 0.2) is 0 Å². The average molecular weight is 617 g/mol. The van der Waals surface area contributed by atoms with Gasteiger partial charge in [-0.15, -0.1) is 0 Å². The van der Waals surface area contributed by atoms with Crippen molar-refractivity contribution in [1.82, 2.24) is 0 Å². The number of carbonyl (C=O) groups is 2. The van der Waals surface area contributed by atoms with Gasteiger partial charge in [-0.05, 0) is 60.7 Å². The maximum atomic E-state index is 12.2. The molecule has 0 N–H and O–H groups in total. The number of ether oxygens (including phenoxy) is 2. The number of rotatable bonds is 20. The van der Waals surface area contributed by atoms with Gasteiger partial charge in [-0.2, -0.15) is 0 Å². The second-order valence-corrected chi connectivity index (χ2v) is 9.97. The molecule has 0 saturated heterocycles. The molecule has 0 aliphatic heterocycles. The summed E-state index contributed by atoms with van der Waals surface area (Å²) in [7, 11) is -5.31. The summed E-state index contributed by atoms with van der Waals surface area (Å²) in [5.74, 6) is 22.2. The fraction of sp³-hybridized carbons (Fsp3) is 0.613. The molecule has 0 heterocycles. The normalized spacial score (nSPS) is 9.90. The van der Waals surface area contributed by atoms with E-state index in [0.717, 1.165) is 19.3 Å². The number of carbonyl (C=O) groups excluding carboxylic acids is 2. The van der Waals surface area contributed by atoms with Gasteiger partial charge in [0.05, 0.1) is 14.4 Å². The summed E-state index contributed by atoms with van der Waals surface area (Å²) in [5, 5.41) is 0. The zero-order valence-electron chi connectivity index (χ0n) is 25.6. The van der Waals surface area contributed by atoms with E-state index >= 15 is 0 Å². The molecule has 1 atom stereocenters. The summed E-state index contributed by atoms with van der Waals surface area (Å²) in [6, 6.07) is 0. The minimum Gasteiger partial charge on any atom is -0.790 e. The third-order valence-electron chi connectivity index (χ3n) is 5.33. The van der Waals surface area contributed by atoms with E-state index in [0.29, 0.717) is 6.42 Å². The van der Waals surface area contributed by atoms with Crippen LogP contribution < -0.4 is 68.9 Å². The Hall–Kier alpha value is -1.15. The van der Waals surface area contributed by atoms with Gasteiger partial charge >= 0.3 is 71.1 Å². The van der Waals surface area contributed by atoms with E-state index in [4.69, 9.17) is 9.47 Å². The van der Waals surface area contributed by atoms with Crippen molar-refractivity contribution in [3.8, 4) is 59.2 Å². The summed E-state index contributed by atoms with van der Waals surface area (Å²) in [6.45, 7) is 2.55. The number of phosphoric acid groups is 1. The summed E-state index contributed by atoms with van der Waals surface area (Å²) >= 11 is 0. The maximum absolute atomic E-state index is 12.2. The molecule has 0 radical (unpaired) electrons. The van der Waals surface area contributed by atoms with E-state index in [1.54, 1.807) is 6.92 Å². The van der Waals surface area contributed by atoms with Crippen LogP contribution >= 0.6 is 7.82 Å². The van der Waals surface area contributed by atoms with Crippen LogP contribution in [0.3, 0.4) is 0 Å². The minimum atomic E-state index is -5.31. The molecular formula is C31H39Na2O8P. The van der Waals surface area contributed by atoms with Crippen molar-refractivity contribution in [2.75, 3.05) is 13.2 Å². The minimum absolute atomic E-state index is 0. The van der Waals surface area contributed by atoms with Crippen molar-refractivity contribution in [2.45, 2.75) is 110 Å². The first-order valence-corrected chi connectivity index (χ1v) is 15.2. The Morgan fingerprint density at radius 2 is 1.14 bits per heavy atom. The Labute approximate surface area is 296 Å². The van der Waals surface area contributed by atoms with Crippen LogP contribution in [-0.4, -0.2) is 31.3 Å². The molecular weight excluding hydrogens is 577 g/mol. The Morgan fingerprint density at radius 3 is 1.62 bits per heavy atom. The number of esters is 2. The molecule has 0 bridgehead atoms. The van der Waals surface area contributed by atoms with Gasteiger partial charge in [0.1, 0.15) is 6.61 Å². The third-order valence-corrected chi connectivity index (χ3v) is 5.79. The predicted molar refractivity (Wildman–Crippen MR) is 149 cm³/mol. The van der Waals surface area contributed by atoms with E-state index in [9.17, 15) is 23.9 Å². The van der Waals surface area contributed by atoms with Crippen LogP contribution in [0.2, 0.25) is 0 Å². The SMILES string of the molecule is CC#CC#CC#CC#CC#CC(=O)OC[C@H](COP(=O)([O-])[O-])OC(=O)CCCCCCCCCCCCCCC.[Na+].[Na+]. The molecule has 0 aromatic rings. The Balaban J connectivity index is -0.00000760. The molecule has 8 nitrogen and oxygen atoms in total. The molecule has 0 spiro atoms. The first-order valence-electron chi connectivity index (χ1n) is 13.7. The number of unbranched alkanes of at least 4 members (excludes halogenated alkanes) is 12. The maximum Gasteiger partial charge on any atom is 1.00 e. The van der Waals surface area contributed by atoms with E-state index < -0.39 is 39.1 Å². The number of hydrogen-bond donors (Lipinski definition) is 0. The van der Waals surface area contributed by atoms with E-state index in [1.807, 2.05) is 0 Å². The molecule has 0 unspecified atom stereocenters. The van der Waals surface area contributed by atoms with Crippen molar-refractivity contribution in [3.05, 3.63) is 0 Å². The van der Waals surface area contributed by atoms with Crippen LogP contribution in [-0.2, 0) is 28.2 Å². The van der Waals surface area contributed by atoms with Gasteiger partial charge in [-0.1, -0.05) is 89.9 Å². The molecule has 42 heavy (non-hydrogen) atoms. The van der Waals surface area contributed by atoms with Crippen molar-refractivity contribution in [2.24, 2.45) is 0 Å². The molecule has 0 aromatic carbocycles. The Morgan fingerprint density at radius 1 is 0.690 bits per heavy atom. The van der Waals surface area contributed by atoms with Crippen molar-refractivity contribution >= 4 is 19.8 Å². The van der Waals surface area contributed by atoms with Gasteiger partial charge in [0.25, 0.3) is 0 Å². The first-order chi connectivity index (χ1) is 19.3. The third kappa shape index (κ3) is 35.0. The Kier molecular flexibility index (Phi) is 35.3. The van der Waals surface area contributed by atoms with Gasteiger partial charge < -0.3 is 28.3 Å². The molecule has 0 aliphatic carbocycles. The second kappa shape index (κ2) is 32.8. The molecule has 0 amide bonds. The topological polar surface area (TPSA) is 125 Å². The standard InChI is InChI=1S/C31H41O8P.2Na/c1-3-5-7-9-11-13-14-15-16-18-20-22-24-26-31(33)39-29(28-38-40(34,35)36)27-37-30(32)25-23-21-19-17-12-10-8-6-4-2;;/h29H,3,5,7,9,11,13-16,18,20,22,24,26-28H2,1-2H3,(H2,34,35,36);;/q;2*+1/p-2/t29-;;/m1../s1. The summed E-state index contributed by atoms with van der Waals surface area (Å²) in [4.78, 5) is 45.5. The van der Waals surface area contributed by atoms with E-state index in [2.05, 4.69) is 70.7 Å². The molecule has 0 rings (SSSR count). The van der Waals surface area contributed by atoms with Crippen molar-refractivity contribution in [3.63, 3.8) is 0 Å². The van der Waals surface area contributed by atoms with Crippen molar-refractivity contribution < 1.29 is 97.1 Å². The molecule has 218 valence electrons. The van der Waals surface area contributed by atoms with Gasteiger partial charge in [0, 0.05) is 12.3 Å². The fourth-order valence-corrected chi connectivity index (χ4v) is 3.71. The van der Waals surface area contributed by atoms with Crippen LogP contribution in [0.5, 0.6) is 0 Å². The van der Waals surface area contributed by atoms with Gasteiger partial charge in [0.2, 0.25) is 0 Å². The molecule has 0 fully saturated rings. The van der Waals surface area contributed by atoms with Gasteiger partial charge in [0.15, 0.2) is 6.10 Å². The quantitative estimate of drug-likeness (QED) is 0.0378. The number of hydrogen-bond acceptors (Lipinski definition) is 8. The zero-order chi connectivity index (χ0) is 29.7. The molecule has 0 aliphatic rings. The molecule has 11 heteroatoms. The summed E-state index contributed by atoms with van der Waals surface area (Å²) < 4.78 is 25.0. The van der Waals surface area contributed by atoms with Crippen LogP contribution in [0.1, 0.15) is 104 Å². The van der Waals surface area contributed by atoms with Gasteiger partial charge in [-0.25, -0.2) is 4.79 Å². The Bertz CT molecular complexity index is 1110. The second-order valence-electron chi connectivity index (χ2n) is 8.82. The van der Waals surface area contributed by atoms with Crippen LogP contribution in [0.25, 0.3) is 0 Å². The zero-order valence-corrected chi connectivity index (χ0v) is 30.5. The molecule has 0 saturated carbocycles. The molecule has 0 aromatic heterocycles. The average Bonchev–Trinajstić information content (AvgIpc) is 2.91. The summed E-state index contributed by atoms with van der Waals surface area (Å²) in [6.07, 6.45) is 14.0. The summed E-state index contributed by atoms with van der Waals surface area (Å²) in [5.41, 5.74) is 0. The fourth-order valence-electron chi connectivity index (χ4n) is 3.36. The van der Waals surface area contributed by atoms with Crippen molar-refractivity contribution in [1.29, 1.82) is 0 Å². The smallest absolute Gasteiger partial charge is 0.790 e. The van der Waals surface area contributed by atoms with Crippen LogP contribution in [0, 0.1) is 59.2 Å². The predicted octanol–water partition coefficient (Wildman–Crippen LogP) is -2.19. The number of phosphoric ester groups is 1. The van der Waals surface area contributed by atoms with Crippen LogP contribution in [0.4, 0.5) is 0 Å². The van der Waals surface area contributed by atoms with Gasteiger partial charge in [-0.3, -0.25) is 4.79 Å². The first kappa shape index (κ1) is 45.3. The largest absolute Gasteiger partial charge is 1.00 e. The monoisotopic (exact) mass is 616 g/mol. The van der Waals surface area contributed by atoms with E-state index in [-0.39, 0.29) is 65.5 Å². The van der Waals surface area contributed by atoms with E-state index in [1.165, 1.54) is 57.8 Å².